The minimum absolute atomic E-state index is 0.182. The second-order valence-corrected chi connectivity index (χ2v) is 6.83. The molecule has 0 amide bonds. The summed E-state index contributed by atoms with van der Waals surface area (Å²) in [5.74, 6) is 0.907. The van der Waals surface area contributed by atoms with Gasteiger partial charge in [-0.15, -0.1) is 11.3 Å². The SMILES string of the molecule is Cc1sc(CNc2ccccc2OC(C)C)cc1Br. The maximum absolute atomic E-state index is 5.79. The van der Waals surface area contributed by atoms with Crippen LogP contribution in [0.2, 0.25) is 0 Å². The van der Waals surface area contributed by atoms with Crippen LogP contribution in [0.3, 0.4) is 0 Å². The molecule has 2 rings (SSSR count). The van der Waals surface area contributed by atoms with E-state index in [1.807, 2.05) is 38.1 Å². The number of thiophene rings is 1. The predicted octanol–water partition coefficient (Wildman–Crippen LogP) is 5.22. The minimum Gasteiger partial charge on any atom is -0.489 e. The predicted molar refractivity (Wildman–Crippen MR) is 86.3 cm³/mol. The largest absolute Gasteiger partial charge is 0.489 e. The lowest BCUT2D eigenvalue weighted by Gasteiger charge is -2.15. The molecule has 0 aliphatic heterocycles. The quantitative estimate of drug-likeness (QED) is 0.806. The third-order valence-corrected chi connectivity index (χ3v) is 4.75. The van der Waals surface area contributed by atoms with E-state index < -0.39 is 0 Å². The second-order valence-electron chi connectivity index (χ2n) is 4.63. The topological polar surface area (TPSA) is 21.3 Å². The summed E-state index contributed by atoms with van der Waals surface area (Å²) in [5, 5.41) is 3.44. The Bertz CT molecular complexity index is 531. The van der Waals surface area contributed by atoms with Crippen molar-refractivity contribution >= 4 is 33.0 Å². The van der Waals surface area contributed by atoms with Crippen LogP contribution in [0, 0.1) is 6.92 Å². The van der Waals surface area contributed by atoms with Crippen LogP contribution in [-0.4, -0.2) is 6.10 Å². The molecule has 0 fully saturated rings. The standard InChI is InChI=1S/C15H18BrNOS/c1-10(2)18-15-7-5-4-6-14(15)17-9-12-8-13(16)11(3)19-12/h4-8,10,17H,9H2,1-3H3. The molecule has 0 bridgehead atoms. The number of nitrogens with one attached hydrogen (secondary N) is 1. The Morgan fingerprint density at radius 2 is 2.05 bits per heavy atom. The summed E-state index contributed by atoms with van der Waals surface area (Å²) in [6.07, 6.45) is 0.182. The highest BCUT2D eigenvalue weighted by Gasteiger charge is 2.06. The van der Waals surface area contributed by atoms with E-state index >= 15 is 0 Å². The van der Waals surface area contributed by atoms with Crippen LogP contribution in [-0.2, 0) is 6.54 Å². The van der Waals surface area contributed by atoms with Gasteiger partial charge in [0.2, 0.25) is 0 Å². The smallest absolute Gasteiger partial charge is 0.142 e. The Labute approximate surface area is 126 Å². The highest BCUT2D eigenvalue weighted by atomic mass is 79.9. The molecule has 1 heterocycles. The number of rotatable bonds is 5. The molecule has 1 aromatic heterocycles. The van der Waals surface area contributed by atoms with Gasteiger partial charge in [-0.3, -0.25) is 0 Å². The molecule has 0 saturated carbocycles. The first-order valence-electron chi connectivity index (χ1n) is 6.30. The molecule has 0 atom stereocenters. The summed E-state index contributed by atoms with van der Waals surface area (Å²) in [5.41, 5.74) is 1.04. The normalized spacial score (nSPS) is 10.8. The molecule has 0 saturated heterocycles. The van der Waals surface area contributed by atoms with Crippen molar-refractivity contribution in [3.05, 3.63) is 44.6 Å². The van der Waals surface area contributed by atoms with Gasteiger partial charge in [0, 0.05) is 20.8 Å². The van der Waals surface area contributed by atoms with E-state index in [0.29, 0.717) is 0 Å². The van der Waals surface area contributed by atoms with Gasteiger partial charge in [0.25, 0.3) is 0 Å². The van der Waals surface area contributed by atoms with Gasteiger partial charge in [-0.25, -0.2) is 0 Å². The summed E-state index contributed by atoms with van der Waals surface area (Å²) in [6, 6.07) is 10.2. The Morgan fingerprint density at radius 3 is 2.68 bits per heavy atom. The molecule has 0 spiro atoms. The zero-order valence-electron chi connectivity index (χ0n) is 11.4. The lowest BCUT2D eigenvalue weighted by atomic mass is 10.3. The van der Waals surface area contributed by atoms with E-state index in [1.54, 1.807) is 11.3 Å². The molecular formula is C15H18BrNOS. The van der Waals surface area contributed by atoms with E-state index in [1.165, 1.54) is 14.2 Å². The van der Waals surface area contributed by atoms with E-state index in [0.717, 1.165) is 18.0 Å². The number of benzene rings is 1. The van der Waals surface area contributed by atoms with Crippen molar-refractivity contribution < 1.29 is 4.74 Å². The van der Waals surface area contributed by atoms with Crippen LogP contribution in [0.5, 0.6) is 5.75 Å². The zero-order valence-corrected chi connectivity index (χ0v) is 13.8. The molecule has 0 radical (unpaired) electrons. The van der Waals surface area contributed by atoms with Crippen molar-refractivity contribution in [3.8, 4) is 5.75 Å². The van der Waals surface area contributed by atoms with E-state index in [-0.39, 0.29) is 6.10 Å². The molecule has 1 N–H and O–H groups in total. The molecule has 19 heavy (non-hydrogen) atoms. The molecule has 102 valence electrons. The molecule has 2 aromatic rings. The summed E-state index contributed by atoms with van der Waals surface area (Å²) < 4.78 is 6.98. The van der Waals surface area contributed by atoms with Gasteiger partial charge >= 0.3 is 0 Å². The van der Waals surface area contributed by atoms with E-state index in [9.17, 15) is 0 Å². The molecule has 0 aliphatic rings. The molecule has 1 aromatic carbocycles. The fraction of sp³-hybridized carbons (Fsp3) is 0.333. The first-order valence-corrected chi connectivity index (χ1v) is 7.91. The second kappa shape index (κ2) is 6.44. The van der Waals surface area contributed by atoms with E-state index in [4.69, 9.17) is 4.74 Å². The number of para-hydroxylation sites is 2. The van der Waals surface area contributed by atoms with Gasteiger partial charge in [0.1, 0.15) is 5.75 Å². The fourth-order valence-corrected chi connectivity index (χ4v) is 3.30. The highest BCUT2D eigenvalue weighted by Crippen LogP contribution is 2.29. The molecular weight excluding hydrogens is 322 g/mol. The van der Waals surface area contributed by atoms with Crippen molar-refractivity contribution in [2.45, 2.75) is 33.4 Å². The third kappa shape index (κ3) is 3.98. The maximum atomic E-state index is 5.79. The molecule has 0 aliphatic carbocycles. The number of anilines is 1. The Morgan fingerprint density at radius 1 is 1.32 bits per heavy atom. The Kier molecular flexibility index (Phi) is 4.88. The Balaban J connectivity index is 2.06. The van der Waals surface area contributed by atoms with Gasteiger partial charge in [0.05, 0.1) is 11.8 Å². The van der Waals surface area contributed by atoms with Crippen molar-refractivity contribution in [1.82, 2.24) is 0 Å². The van der Waals surface area contributed by atoms with Crippen LogP contribution in [0.1, 0.15) is 23.6 Å². The third-order valence-electron chi connectivity index (χ3n) is 2.61. The van der Waals surface area contributed by atoms with Crippen LogP contribution < -0.4 is 10.1 Å². The summed E-state index contributed by atoms with van der Waals surface area (Å²) in [4.78, 5) is 2.62. The van der Waals surface area contributed by atoms with Crippen LogP contribution in [0.15, 0.2) is 34.8 Å². The first kappa shape index (κ1) is 14.4. The minimum atomic E-state index is 0.182. The summed E-state index contributed by atoms with van der Waals surface area (Å²) in [7, 11) is 0. The lowest BCUT2D eigenvalue weighted by molar-refractivity contribution is 0.243. The number of ether oxygens (including phenoxy) is 1. The van der Waals surface area contributed by atoms with Gasteiger partial charge in [-0.2, -0.15) is 0 Å². The molecule has 0 unspecified atom stereocenters. The fourth-order valence-electron chi connectivity index (χ4n) is 1.76. The van der Waals surface area contributed by atoms with Gasteiger partial charge in [-0.05, 0) is 54.9 Å². The van der Waals surface area contributed by atoms with Gasteiger partial charge in [-0.1, -0.05) is 12.1 Å². The van der Waals surface area contributed by atoms with Gasteiger partial charge in [0.15, 0.2) is 0 Å². The van der Waals surface area contributed by atoms with Crippen molar-refractivity contribution in [2.24, 2.45) is 0 Å². The molecule has 2 nitrogen and oxygen atoms in total. The summed E-state index contributed by atoms with van der Waals surface area (Å²) >= 11 is 5.35. The lowest BCUT2D eigenvalue weighted by Crippen LogP contribution is -2.08. The van der Waals surface area contributed by atoms with Crippen LogP contribution in [0.25, 0.3) is 0 Å². The Hall–Kier alpha value is -1.00. The summed E-state index contributed by atoms with van der Waals surface area (Å²) in [6.45, 7) is 7.01. The van der Waals surface area contributed by atoms with E-state index in [2.05, 4.69) is 34.2 Å². The number of hydrogen-bond donors (Lipinski definition) is 1. The number of hydrogen-bond acceptors (Lipinski definition) is 3. The number of halogens is 1. The van der Waals surface area contributed by atoms with Crippen molar-refractivity contribution in [2.75, 3.05) is 5.32 Å². The van der Waals surface area contributed by atoms with Gasteiger partial charge < -0.3 is 10.1 Å². The first-order chi connectivity index (χ1) is 9.06. The average molecular weight is 340 g/mol. The van der Waals surface area contributed by atoms with Crippen LogP contribution >= 0.6 is 27.3 Å². The maximum Gasteiger partial charge on any atom is 0.142 e. The zero-order chi connectivity index (χ0) is 13.8. The highest BCUT2D eigenvalue weighted by molar-refractivity contribution is 9.10. The molecule has 4 heteroatoms. The van der Waals surface area contributed by atoms with Crippen molar-refractivity contribution in [3.63, 3.8) is 0 Å². The average Bonchev–Trinajstić information content (AvgIpc) is 2.67. The number of aryl methyl sites for hydroxylation is 1. The van der Waals surface area contributed by atoms with Crippen molar-refractivity contribution in [1.29, 1.82) is 0 Å². The van der Waals surface area contributed by atoms with Crippen LogP contribution in [0.4, 0.5) is 5.69 Å². The monoisotopic (exact) mass is 339 g/mol.